The average Bonchev–Trinajstić information content (AvgIpc) is 2.68. The smallest absolute Gasteiger partial charge is 0.142 e. The summed E-state index contributed by atoms with van der Waals surface area (Å²) in [4.78, 5) is 4.68. The molecule has 0 amide bonds. The fraction of sp³-hybridized carbons (Fsp3) is 0.133. The third-order valence-electron chi connectivity index (χ3n) is 3.20. The normalized spacial score (nSPS) is 11.1. The van der Waals surface area contributed by atoms with Gasteiger partial charge in [-0.15, -0.1) is 0 Å². The molecule has 0 radical (unpaired) electrons. The number of halogens is 1. The van der Waals surface area contributed by atoms with Crippen molar-refractivity contribution >= 4 is 27.4 Å². The zero-order chi connectivity index (χ0) is 13.6. The Kier molecular flexibility index (Phi) is 2.82. The SMILES string of the molecule is Cc1cccc(-c2nc3c(C)cc(Br)cn3c2N)c1. The van der Waals surface area contributed by atoms with Crippen molar-refractivity contribution < 1.29 is 0 Å². The first-order valence-corrected chi connectivity index (χ1v) is 6.86. The third kappa shape index (κ3) is 2.02. The Morgan fingerprint density at radius 1 is 1.21 bits per heavy atom. The molecule has 96 valence electrons. The van der Waals surface area contributed by atoms with Crippen molar-refractivity contribution in [2.45, 2.75) is 13.8 Å². The van der Waals surface area contributed by atoms with Gasteiger partial charge in [0.2, 0.25) is 0 Å². The quantitative estimate of drug-likeness (QED) is 0.738. The highest BCUT2D eigenvalue weighted by molar-refractivity contribution is 9.10. The van der Waals surface area contributed by atoms with Crippen LogP contribution in [0.5, 0.6) is 0 Å². The predicted molar refractivity (Wildman–Crippen MR) is 82.2 cm³/mol. The second kappa shape index (κ2) is 4.38. The molecule has 0 aliphatic heterocycles. The molecule has 0 spiro atoms. The average molecular weight is 316 g/mol. The third-order valence-corrected chi connectivity index (χ3v) is 3.63. The number of rotatable bonds is 1. The van der Waals surface area contributed by atoms with Gasteiger partial charge in [0, 0.05) is 16.2 Å². The molecule has 2 N–H and O–H groups in total. The first-order valence-electron chi connectivity index (χ1n) is 6.07. The Hall–Kier alpha value is -1.81. The molecule has 0 aliphatic carbocycles. The highest BCUT2D eigenvalue weighted by Crippen LogP contribution is 2.29. The van der Waals surface area contributed by atoms with E-state index in [2.05, 4.69) is 40.0 Å². The van der Waals surface area contributed by atoms with Crippen LogP contribution in [0.4, 0.5) is 5.82 Å². The molecule has 4 heteroatoms. The van der Waals surface area contributed by atoms with Gasteiger partial charge in [0.25, 0.3) is 0 Å². The Morgan fingerprint density at radius 2 is 2.00 bits per heavy atom. The van der Waals surface area contributed by atoms with Crippen LogP contribution in [-0.2, 0) is 0 Å². The van der Waals surface area contributed by atoms with Gasteiger partial charge in [-0.2, -0.15) is 0 Å². The van der Waals surface area contributed by atoms with E-state index in [-0.39, 0.29) is 0 Å². The lowest BCUT2D eigenvalue weighted by molar-refractivity contribution is 1.16. The number of benzene rings is 1. The van der Waals surface area contributed by atoms with E-state index in [1.54, 1.807) is 0 Å². The maximum absolute atomic E-state index is 6.24. The maximum atomic E-state index is 6.24. The Morgan fingerprint density at radius 3 is 2.74 bits per heavy atom. The van der Waals surface area contributed by atoms with Gasteiger partial charge in [0.1, 0.15) is 17.2 Å². The molecule has 0 bridgehead atoms. The summed E-state index contributed by atoms with van der Waals surface area (Å²) in [6, 6.07) is 10.3. The van der Waals surface area contributed by atoms with Gasteiger partial charge in [0.05, 0.1) is 0 Å². The summed E-state index contributed by atoms with van der Waals surface area (Å²) >= 11 is 3.49. The summed E-state index contributed by atoms with van der Waals surface area (Å²) in [5, 5.41) is 0. The zero-order valence-electron chi connectivity index (χ0n) is 10.8. The minimum atomic E-state index is 0.671. The van der Waals surface area contributed by atoms with Crippen molar-refractivity contribution in [2.24, 2.45) is 0 Å². The molecule has 2 heterocycles. The van der Waals surface area contributed by atoms with E-state index in [1.165, 1.54) is 5.56 Å². The fourth-order valence-electron chi connectivity index (χ4n) is 2.29. The van der Waals surface area contributed by atoms with Crippen LogP contribution in [0.1, 0.15) is 11.1 Å². The van der Waals surface area contributed by atoms with E-state index in [4.69, 9.17) is 5.73 Å². The maximum Gasteiger partial charge on any atom is 0.142 e. The summed E-state index contributed by atoms with van der Waals surface area (Å²) in [5.74, 6) is 0.671. The van der Waals surface area contributed by atoms with E-state index in [1.807, 2.05) is 35.7 Å². The number of aryl methyl sites for hydroxylation is 2. The Bertz CT molecular complexity index is 774. The largest absolute Gasteiger partial charge is 0.383 e. The van der Waals surface area contributed by atoms with E-state index >= 15 is 0 Å². The second-order valence-electron chi connectivity index (χ2n) is 4.75. The molecule has 0 saturated carbocycles. The van der Waals surface area contributed by atoms with Crippen LogP contribution in [0.15, 0.2) is 41.0 Å². The summed E-state index contributed by atoms with van der Waals surface area (Å²) in [6.07, 6.45) is 1.95. The predicted octanol–water partition coefficient (Wildman–Crippen LogP) is 3.96. The van der Waals surface area contributed by atoms with E-state index in [0.29, 0.717) is 5.82 Å². The van der Waals surface area contributed by atoms with Crippen LogP contribution in [0, 0.1) is 13.8 Å². The van der Waals surface area contributed by atoms with Crippen LogP contribution in [0.3, 0.4) is 0 Å². The molecule has 0 atom stereocenters. The number of hydrogen-bond donors (Lipinski definition) is 1. The highest BCUT2D eigenvalue weighted by Gasteiger charge is 2.13. The van der Waals surface area contributed by atoms with Crippen molar-refractivity contribution in [3.05, 3.63) is 52.1 Å². The van der Waals surface area contributed by atoms with Crippen LogP contribution in [-0.4, -0.2) is 9.38 Å². The van der Waals surface area contributed by atoms with Crippen LogP contribution >= 0.6 is 15.9 Å². The lowest BCUT2D eigenvalue weighted by Gasteiger charge is -2.01. The monoisotopic (exact) mass is 315 g/mol. The second-order valence-corrected chi connectivity index (χ2v) is 5.67. The number of nitrogen functional groups attached to an aromatic ring is 1. The fourth-order valence-corrected chi connectivity index (χ4v) is 2.84. The molecule has 3 rings (SSSR count). The summed E-state index contributed by atoms with van der Waals surface area (Å²) in [6.45, 7) is 4.10. The van der Waals surface area contributed by atoms with Gasteiger partial charge in [-0.05, 0) is 47.5 Å². The molecular weight excluding hydrogens is 302 g/mol. The molecule has 19 heavy (non-hydrogen) atoms. The Balaban J connectivity index is 2.31. The molecule has 0 aliphatic rings. The van der Waals surface area contributed by atoms with Gasteiger partial charge in [-0.25, -0.2) is 4.98 Å². The van der Waals surface area contributed by atoms with Crippen LogP contribution < -0.4 is 5.73 Å². The molecule has 2 aromatic heterocycles. The number of fused-ring (bicyclic) bond motifs is 1. The lowest BCUT2D eigenvalue weighted by Crippen LogP contribution is -1.95. The van der Waals surface area contributed by atoms with Crippen molar-refractivity contribution in [1.82, 2.24) is 9.38 Å². The van der Waals surface area contributed by atoms with Crippen LogP contribution in [0.2, 0.25) is 0 Å². The van der Waals surface area contributed by atoms with Gasteiger partial charge < -0.3 is 5.73 Å². The summed E-state index contributed by atoms with van der Waals surface area (Å²) in [7, 11) is 0. The lowest BCUT2D eigenvalue weighted by atomic mass is 10.1. The first-order chi connectivity index (χ1) is 9.06. The van der Waals surface area contributed by atoms with Crippen molar-refractivity contribution in [3.63, 3.8) is 0 Å². The zero-order valence-corrected chi connectivity index (χ0v) is 12.4. The van der Waals surface area contributed by atoms with Crippen LogP contribution in [0.25, 0.3) is 16.9 Å². The number of pyridine rings is 1. The molecule has 3 nitrogen and oxygen atoms in total. The van der Waals surface area contributed by atoms with Crippen molar-refractivity contribution in [1.29, 1.82) is 0 Å². The standard InChI is InChI=1S/C15H14BrN3/c1-9-4-3-5-11(6-9)13-14(17)19-8-12(16)7-10(2)15(19)18-13/h3-8H,17H2,1-2H3. The van der Waals surface area contributed by atoms with Crippen molar-refractivity contribution in [3.8, 4) is 11.3 Å². The minimum Gasteiger partial charge on any atom is -0.383 e. The molecular formula is C15H14BrN3. The molecule has 0 fully saturated rings. The number of imidazole rings is 1. The Labute approximate surface area is 120 Å². The van der Waals surface area contributed by atoms with E-state index in [0.717, 1.165) is 26.9 Å². The van der Waals surface area contributed by atoms with E-state index < -0.39 is 0 Å². The number of aromatic nitrogens is 2. The number of anilines is 1. The van der Waals surface area contributed by atoms with Gasteiger partial charge >= 0.3 is 0 Å². The number of nitrogens with two attached hydrogens (primary N) is 1. The first kappa shape index (κ1) is 12.2. The topological polar surface area (TPSA) is 43.3 Å². The number of hydrogen-bond acceptors (Lipinski definition) is 2. The minimum absolute atomic E-state index is 0.671. The van der Waals surface area contributed by atoms with Crippen molar-refractivity contribution in [2.75, 3.05) is 5.73 Å². The van der Waals surface area contributed by atoms with Gasteiger partial charge in [-0.1, -0.05) is 23.8 Å². The van der Waals surface area contributed by atoms with Gasteiger partial charge in [-0.3, -0.25) is 4.40 Å². The molecule has 0 saturated heterocycles. The summed E-state index contributed by atoms with van der Waals surface area (Å²) in [5.41, 5.74) is 11.3. The van der Waals surface area contributed by atoms with Gasteiger partial charge in [0.15, 0.2) is 0 Å². The molecule has 0 unspecified atom stereocenters. The highest BCUT2D eigenvalue weighted by atomic mass is 79.9. The molecule has 1 aromatic carbocycles. The number of nitrogens with zero attached hydrogens (tertiary/aromatic N) is 2. The van der Waals surface area contributed by atoms with E-state index in [9.17, 15) is 0 Å². The summed E-state index contributed by atoms with van der Waals surface area (Å²) < 4.78 is 2.93. The molecule has 3 aromatic rings.